The molecule has 15 heavy (non-hydrogen) atoms. The molecule has 0 unspecified atom stereocenters. The maximum absolute atomic E-state index is 14.0. The molecular formula is C11H15FN2O. The zero-order chi connectivity index (χ0) is 10.7. The zero-order valence-electron chi connectivity index (χ0n) is 8.79. The molecule has 0 saturated carbocycles. The van der Waals surface area contributed by atoms with Gasteiger partial charge < -0.3 is 10.1 Å². The summed E-state index contributed by atoms with van der Waals surface area (Å²) in [5, 5.41) is 2.92. The maximum Gasteiger partial charge on any atom is 0.162 e. The van der Waals surface area contributed by atoms with Crippen molar-refractivity contribution in [2.75, 3.05) is 19.7 Å². The standard InChI is InChI=1S/C11H15FN2O/c1-2-3-15-10-4-9(5-13-6-10)11(12)7-14-8-11/h4-6,14H,2-3,7-8H2,1H3. The minimum atomic E-state index is -1.25. The maximum atomic E-state index is 14.0. The molecule has 1 fully saturated rings. The molecule has 0 bridgehead atoms. The highest BCUT2D eigenvalue weighted by Crippen LogP contribution is 2.31. The molecule has 0 aliphatic carbocycles. The molecule has 1 aliphatic heterocycles. The molecule has 1 aromatic heterocycles. The van der Waals surface area contributed by atoms with Gasteiger partial charge in [0.05, 0.1) is 12.8 Å². The number of aromatic nitrogens is 1. The molecule has 3 nitrogen and oxygen atoms in total. The molecule has 1 aromatic rings. The van der Waals surface area contributed by atoms with Gasteiger partial charge in [-0.05, 0) is 12.5 Å². The number of ether oxygens (including phenoxy) is 1. The van der Waals surface area contributed by atoms with Crippen molar-refractivity contribution >= 4 is 0 Å². The molecule has 2 heterocycles. The normalized spacial score (nSPS) is 18.3. The van der Waals surface area contributed by atoms with Crippen LogP contribution in [0.15, 0.2) is 18.5 Å². The number of hydrogen-bond acceptors (Lipinski definition) is 3. The van der Waals surface area contributed by atoms with E-state index in [2.05, 4.69) is 10.3 Å². The van der Waals surface area contributed by atoms with Crippen molar-refractivity contribution in [3.63, 3.8) is 0 Å². The van der Waals surface area contributed by atoms with E-state index in [0.29, 0.717) is 31.0 Å². The van der Waals surface area contributed by atoms with E-state index in [0.717, 1.165) is 6.42 Å². The summed E-state index contributed by atoms with van der Waals surface area (Å²) < 4.78 is 19.4. The number of pyridine rings is 1. The third-order valence-corrected chi connectivity index (χ3v) is 2.51. The van der Waals surface area contributed by atoms with Crippen molar-refractivity contribution < 1.29 is 9.13 Å². The Morgan fingerprint density at radius 1 is 1.53 bits per heavy atom. The van der Waals surface area contributed by atoms with Crippen molar-refractivity contribution in [2.45, 2.75) is 19.0 Å². The van der Waals surface area contributed by atoms with Crippen LogP contribution >= 0.6 is 0 Å². The Balaban J connectivity index is 2.11. The van der Waals surface area contributed by atoms with Crippen LogP contribution in [-0.4, -0.2) is 24.7 Å². The largest absolute Gasteiger partial charge is 0.492 e. The lowest BCUT2D eigenvalue weighted by Crippen LogP contribution is -2.53. The van der Waals surface area contributed by atoms with Gasteiger partial charge in [-0.1, -0.05) is 6.92 Å². The van der Waals surface area contributed by atoms with Gasteiger partial charge in [-0.3, -0.25) is 4.98 Å². The van der Waals surface area contributed by atoms with Crippen LogP contribution in [0.1, 0.15) is 18.9 Å². The second kappa shape index (κ2) is 4.14. The van der Waals surface area contributed by atoms with E-state index in [9.17, 15) is 4.39 Å². The molecule has 82 valence electrons. The summed E-state index contributed by atoms with van der Waals surface area (Å²) in [7, 11) is 0. The fourth-order valence-electron chi connectivity index (χ4n) is 1.51. The van der Waals surface area contributed by atoms with E-state index in [1.165, 1.54) is 0 Å². The summed E-state index contributed by atoms with van der Waals surface area (Å²) in [6, 6.07) is 1.74. The molecule has 0 spiro atoms. The van der Waals surface area contributed by atoms with E-state index in [-0.39, 0.29) is 0 Å². The first-order valence-electron chi connectivity index (χ1n) is 5.22. The van der Waals surface area contributed by atoms with Gasteiger partial charge in [0.2, 0.25) is 0 Å². The van der Waals surface area contributed by atoms with Gasteiger partial charge in [0.15, 0.2) is 5.67 Å². The summed E-state index contributed by atoms with van der Waals surface area (Å²) in [6.07, 6.45) is 4.13. The minimum Gasteiger partial charge on any atom is -0.492 e. The number of nitrogens with zero attached hydrogens (tertiary/aromatic N) is 1. The van der Waals surface area contributed by atoms with Crippen molar-refractivity contribution in [3.05, 3.63) is 24.0 Å². The lowest BCUT2D eigenvalue weighted by molar-refractivity contribution is 0.0883. The number of nitrogens with one attached hydrogen (secondary N) is 1. The average molecular weight is 210 g/mol. The minimum absolute atomic E-state index is 0.367. The van der Waals surface area contributed by atoms with Gasteiger partial charge in [0.1, 0.15) is 5.75 Å². The molecule has 1 saturated heterocycles. The van der Waals surface area contributed by atoms with Crippen molar-refractivity contribution in [1.82, 2.24) is 10.3 Å². The van der Waals surface area contributed by atoms with Crippen LogP contribution < -0.4 is 10.1 Å². The molecule has 0 aromatic carbocycles. The third kappa shape index (κ3) is 2.09. The summed E-state index contributed by atoms with van der Waals surface area (Å²) in [5.41, 5.74) is -0.645. The molecule has 1 aliphatic rings. The van der Waals surface area contributed by atoms with Crippen LogP contribution in [0.3, 0.4) is 0 Å². The highest BCUT2D eigenvalue weighted by atomic mass is 19.1. The first-order valence-corrected chi connectivity index (χ1v) is 5.22. The van der Waals surface area contributed by atoms with E-state index < -0.39 is 5.67 Å². The van der Waals surface area contributed by atoms with Gasteiger partial charge in [-0.2, -0.15) is 0 Å². The van der Waals surface area contributed by atoms with Crippen molar-refractivity contribution in [3.8, 4) is 5.75 Å². The Kier molecular flexibility index (Phi) is 2.86. The molecule has 4 heteroatoms. The van der Waals surface area contributed by atoms with Crippen molar-refractivity contribution in [2.24, 2.45) is 0 Å². The summed E-state index contributed by atoms with van der Waals surface area (Å²) in [6.45, 7) is 3.41. The first-order chi connectivity index (χ1) is 7.24. The number of halogens is 1. The van der Waals surface area contributed by atoms with Gasteiger partial charge in [0.25, 0.3) is 0 Å². The monoisotopic (exact) mass is 210 g/mol. The Morgan fingerprint density at radius 2 is 2.33 bits per heavy atom. The predicted octanol–water partition coefficient (Wildman–Crippen LogP) is 1.64. The SMILES string of the molecule is CCCOc1cncc(C2(F)CNC2)c1. The third-order valence-electron chi connectivity index (χ3n) is 2.51. The Bertz CT molecular complexity index is 339. The van der Waals surface area contributed by atoms with E-state index in [1.54, 1.807) is 18.5 Å². The van der Waals surface area contributed by atoms with E-state index >= 15 is 0 Å². The Morgan fingerprint density at radius 3 is 2.93 bits per heavy atom. The lowest BCUT2D eigenvalue weighted by Gasteiger charge is -2.35. The summed E-state index contributed by atoms with van der Waals surface area (Å²) >= 11 is 0. The number of rotatable bonds is 4. The fourth-order valence-corrected chi connectivity index (χ4v) is 1.51. The lowest BCUT2D eigenvalue weighted by atomic mass is 9.91. The molecule has 0 radical (unpaired) electrons. The molecule has 1 N–H and O–H groups in total. The van der Waals surface area contributed by atoms with Crippen LogP contribution in [0, 0.1) is 0 Å². The van der Waals surface area contributed by atoms with Gasteiger partial charge in [-0.25, -0.2) is 4.39 Å². The number of alkyl halides is 1. The predicted molar refractivity (Wildman–Crippen MR) is 55.7 cm³/mol. The van der Waals surface area contributed by atoms with Gasteiger partial charge >= 0.3 is 0 Å². The van der Waals surface area contributed by atoms with E-state index in [4.69, 9.17) is 4.74 Å². The quantitative estimate of drug-likeness (QED) is 0.820. The molecule has 0 atom stereocenters. The van der Waals surface area contributed by atoms with Crippen LogP contribution in [0.5, 0.6) is 5.75 Å². The Hall–Kier alpha value is -1.16. The fraction of sp³-hybridized carbons (Fsp3) is 0.545. The number of hydrogen-bond donors (Lipinski definition) is 1. The Labute approximate surface area is 88.7 Å². The second-order valence-electron chi connectivity index (χ2n) is 3.83. The van der Waals surface area contributed by atoms with Gasteiger partial charge in [-0.15, -0.1) is 0 Å². The molecule has 2 rings (SSSR count). The first kappa shape index (κ1) is 10.4. The van der Waals surface area contributed by atoms with Crippen molar-refractivity contribution in [1.29, 1.82) is 0 Å². The zero-order valence-corrected chi connectivity index (χ0v) is 8.79. The van der Waals surface area contributed by atoms with Gasteiger partial charge in [0, 0.05) is 24.8 Å². The van der Waals surface area contributed by atoms with Crippen LogP contribution in [0.4, 0.5) is 4.39 Å². The summed E-state index contributed by atoms with van der Waals surface area (Å²) in [4.78, 5) is 3.99. The highest BCUT2D eigenvalue weighted by molar-refractivity contribution is 5.30. The van der Waals surface area contributed by atoms with Crippen LogP contribution in [0.25, 0.3) is 0 Å². The molecular weight excluding hydrogens is 195 g/mol. The van der Waals surface area contributed by atoms with E-state index in [1.807, 2.05) is 6.92 Å². The second-order valence-corrected chi connectivity index (χ2v) is 3.83. The van der Waals surface area contributed by atoms with Crippen LogP contribution in [-0.2, 0) is 5.67 Å². The summed E-state index contributed by atoms with van der Waals surface area (Å²) in [5.74, 6) is 0.651. The topological polar surface area (TPSA) is 34.1 Å². The van der Waals surface area contributed by atoms with Crippen LogP contribution in [0.2, 0.25) is 0 Å². The average Bonchev–Trinajstić information content (AvgIpc) is 2.23. The molecule has 0 amide bonds. The smallest absolute Gasteiger partial charge is 0.162 e. The highest BCUT2D eigenvalue weighted by Gasteiger charge is 2.39.